The summed E-state index contributed by atoms with van der Waals surface area (Å²) in [5.41, 5.74) is 1.64. The van der Waals surface area contributed by atoms with Gasteiger partial charge in [-0.15, -0.1) is 12.3 Å². The van der Waals surface area contributed by atoms with E-state index in [4.69, 9.17) is 11.7 Å². The molecule has 76 valence electrons. The van der Waals surface area contributed by atoms with Crippen LogP contribution in [0.5, 0.6) is 0 Å². The molecular weight excluding hydrogens is 252 g/mol. The molecule has 1 aromatic rings. The van der Waals surface area contributed by atoms with Crippen molar-refractivity contribution in [3.63, 3.8) is 0 Å². The van der Waals surface area contributed by atoms with Crippen molar-refractivity contribution in [2.75, 3.05) is 11.9 Å². The van der Waals surface area contributed by atoms with Crippen LogP contribution in [0.1, 0.15) is 18.4 Å². The Morgan fingerprint density at radius 3 is 2.87 bits per heavy atom. The van der Waals surface area contributed by atoms with E-state index in [0.717, 1.165) is 29.5 Å². The zero-order valence-electron chi connectivity index (χ0n) is 8.26. The van der Waals surface area contributed by atoms with E-state index >= 15 is 0 Å². The van der Waals surface area contributed by atoms with Crippen molar-refractivity contribution in [1.82, 2.24) is 0 Å². The van der Waals surface area contributed by atoms with Gasteiger partial charge in [-0.2, -0.15) is 5.26 Å². The van der Waals surface area contributed by atoms with Crippen LogP contribution in [0.25, 0.3) is 0 Å². The summed E-state index contributed by atoms with van der Waals surface area (Å²) in [5.74, 6) is 2.59. The van der Waals surface area contributed by atoms with Crippen molar-refractivity contribution >= 4 is 21.6 Å². The second-order valence-corrected chi connectivity index (χ2v) is 3.90. The van der Waals surface area contributed by atoms with Crippen LogP contribution in [0.4, 0.5) is 5.69 Å². The van der Waals surface area contributed by atoms with Crippen molar-refractivity contribution in [2.45, 2.75) is 12.8 Å². The van der Waals surface area contributed by atoms with Gasteiger partial charge in [0.15, 0.2) is 0 Å². The van der Waals surface area contributed by atoms with Gasteiger partial charge >= 0.3 is 0 Å². The molecule has 2 nitrogen and oxygen atoms in total. The fraction of sp³-hybridized carbons (Fsp3) is 0.250. The monoisotopic (exact) mass is 262 g/mol. The first-order valence-corrected chi connectivity index (χ1v) is 5.44. The molecule has 3 heteroatoms. The summed E-state index contributed by atoms with van der Waals surface area (Å²) in [4.78, 5) is 0. The molecule has 0 amide bonds. The normalized spacial score (nSPS) is 9.00. The first kappa shape index (κ1) is 11.6. The average Bonchev–Trinajstić information content (AvgIpc) is 2.26. The lowest BCUT2D eigenvalue weighted by molar-refractivity contribution is 0.906. The minimum Gasteiger partial charge on any atom is -0.384 e. The molecule has 15 heavy (non-hydrogen) atoms. The zero-order chi connectivity index (χ0) is 11.1. The predicted octanol–water partition coefficient (Wildman–Crippen LogP) is 3.15. The quantitative estimate of drug-likeness (QED) is 0.669. The number of rotatable bonds is 4. The largest absolute Gasteiger partial charge is 0.384 e. The molecule has 0 atom stereocenters. The topological polar surface area (TPSA) is 35.8 Å². The highest BCUT2D eigenvalue weighted by molar-refractivity contribution is 9.10. The number of terminal acetylenes is 1. The van der Waals surface area contributed by atoms with E-state index < -0.39 is 0 Å². The SMILES string of the molecule is C#CCCCNc1ccc(C#N)cc1Br. The summed E-state index contributed by atoms with van der Waals surface area (Å²) >= 11 is 3.40. The average molecular weight is 263 g/mol. The second kappa shape index (κ2) is 6.11. The van der Waals surface area contributed by atoms with Crippen LogP contribution in [0.2, 0.25) is 0 Å². The maximum Gasteiger partial charge on any atom is 0.0992 e. The number of nitrogens with zero attached hydrogens (tertiary/aromatic N) is 1. The van der Waals surface area contributed by atoms with Gasteiger partial charge < -0.3 is 5.32 Å². The fourth-order valence-electron chi connectivity index (χ4n) is 1.14. The summed E-state index contributed by atoms with van der Waals surface area (Å²) in [6, 6.07) is 7.56. The van der Waals surface area contributed by atoms with Crippen LogP contribution < -0.4 is 5.32 Å². The second-order valence-electron chi connectivity index (χ2n) is 3.04. The van der Waals surface area contributed by atoms with Crippen molar-refractivity contribution in [2.24, 2.45) is 0 Å². The first-order chi connectivity index (χ1) is 7.27. The fourth-order valence-corrected chi connectivity index (χ4v) is 1.66. The molecule has 0 aromatic heterocycles. The summed E-state index contributed by atoms with van der Waals surface area (Å²) < 4.78 is 0.905. The molecule has 0 saturated carbocycles. The lowest BCUT2D eigenvalue weighted by Crippen LogP contribution is -2.01. The van der Waals surface area contributed by atoms with Gasteiger partial charge in [0.05, 0.1) is 11.6 Å². The molecule has 0 saturated heterocycles. The number of anilines is 1. The van der Waals surface area contributed by atoms with E-state index in [1.807, 2.05) is 6.07 Å². The van der Waals surface area contributed by atoms with Gasteiger partial charge in [0, 0.05) is 23.1 Å². The van der Waals surface area contributed by atoms with Crippen LogP contribution in [-0.4, -0.2) is 6.54 Å². The molecule has 0 spiro atoms. The molecule has 1 N–H and O–H groups in total. The third-order valence-electron chi connectivity index (χ3n) is 1.91. The number of nitriles is 1. The van der Waals surface area contributed by atoms with E-state index in [9.17, 15) is 0 Å². The molecule has 0 fully saturated rings. The third-order valence-corrected chi connectivity index (χ3v) is 2.57. The Morgan fingerprint density at radius 1 is 1.47 bits per heavy atom. The standard InChI is InChI=1S/C12H11BrN2/c1-2-3-4-7-15-12-6-5-10(9-14)8-11(12)13/h1,5-6,8,15H,3-4,7H2. The molecule has 0 aliphatic carbocycles. The van der Waals surface area contributed by atoms with E-state index in [1.54, 1.807) is 12.1 Å². The molecule has 1 aromatic carbocycles. The Kier molecular flexibility index (Phi) is 4.74. The van der Waals surface area contributed by atoms with Gasteiger partial charge in [-0.05, 0) is 40.5 Å². The minimum atomic E-state index is 0.649. The number of benzene rings is 1. The van der Waals surface area contributed by atoms with E-state index in [-0.39, 0.29) is 0 Å². The van der Waals surface area contributed by atoms with Crippen molar-refractivity contribution in [3.8, 4) is 18.4 Å². The molecule has 0 heterocycles. The Bertz CT molecular complexity index is 413. The summed E-state index contributed by atoms with van der Waals surface area (Å²) in [6.07, 6.45) is 6.88. The van der Waals surface area contributed by atoms with Crippen LogP contribution in [0.3, 0.4) is 0 Å². The smallest absolute Gasteiger partial charge is 0.0992 e. The molecule has 0 bridgehead atoms. The van der Waals surface area contributed by atoms with Crippen molar-refractivity contribution < 1.29 is 0 Å². The maximum atomic E-state index is 8.69. The zero-order valence-corrected chi connectivity index (χ0v) is 9.84. The highest BCUT2D eigenvalue weighted by Gasteiger charge is 1.99. The van der Waals surface area contributed by atoms with Gasteiger partial charge in [-0.25, -0.2) is 0 Å². The predicted molar refractivity (Wildman–Crippen MR) is 65.4 cm³/mol. The summed E-state index contributed by atoms with van der Waals surface area (Å²) in [5, 5.41) is 11.9. The first-order valence-electron chi connectivity index (χ1n) is 4.65. The molecule has 0 radical (unpaired) electrons. The van der Waals surface area contributed by atoms with Gasteiger partial charge in [0.1, 0.15) is 0 Å². The van der Waals surface area contributed by atoms with Gasteiger partial charge in [-0.3, -0.25) is 0 Å². The maximum absolute atomic E-state index is 8.69. The van der Waals surface area contributed by atoms with Crippen LogP contribution in [0.15, 0.2) is 22.7 Å². The van der Waals surface area contributed by atoms with Gasteiger partial charge in [-0.1, -0.05) is 0 Å². The summed E-state index contributed by atoms with van der Waals surface area (Å²) in [6.45, 7) is 0.842. The number of unbranched alkanes of at least 4 members (excludes halogenated alkanes) is 1. The third kappa shape index (κ3) is 3.65. The van der Waals surface area contributed by atoms with Gasteiger partial charge in [0.2, 0.25) is 0 Å². The number of nitrogens with one attached hydrogen (secondary N) is 1. The lowest BCUT2D eigenvalue weighted by atomic mass is 10.2. The van der Waals surface area contributed by atoms with E-state index in [1.165, 1.54) is 0 Å². The Labute approximate surface area is 98.4 Å². The van der Waals surface area contributed by atoms with Crippen LogP contribution in [0, 0.1) is 23.7 Å². The van der Waals surface area contributed by atoms with Gasteiger partial charge in [0.25, 0.3) is 0 Å². The van der Waals surface area contributed by atoms with Crippen LogP contribution >= 0.6 is 15.9 Å². The van der Waals surface area contributed by atoms with E-state index in [0.29, 0.717) is 5.56 Å². The van der Waals surface area contributed by atoms with Crippen molar-refractivity contribution in [1.29, 1.82) is 5.26 Å². The lowest BCUT2D eigenvalue weighted by Gasteiger charge is -2.07. The minimum absolute atomic E-state index is 0.649. The molecular formula is C12H11BrN2. The molecule has 0 aliphatic heterocycles. The number of hydrogen-bond donors (Lipinski definition) is 1. The Morgan fingerprint density at radius 2 is 2.27 bits per heavy atom. The van der Waals surface area contributed by atoms with Crippen molar-refractivity contribution in [3.05, 3.63) is 28.2 Å². The highest BCUT2D eigenvalue weighted by atomic mass is 79.9. The van der Waals surface area contributed by atoms with Crippen LogP contribution in [-0.2, 0) is 0 Å². The number of halogens is 1. The number of hydrogen-bond acceptors (Lipinski definition) is 2. The Hall–Kier alpha value is -1.45. The Balaban J connectivity index is 2.56. The van der Waals surface area contributed by atoms with E-state index in [2.05, 4.69) is 33.2 Å². The highest BCUT2D eigenvalue weighted by Crippen LogP contribution is 2.23. The summed E-state index contributed by atoms with van der Waals surface area (Å²) in [7, 11) is 0. The molecule has 1 rings (SSSR count). The molecule has 0 aliphatic rings. The molecule has 0 unspecified atom stereocenters.